The van der Waals surface area contributed by atoms with Crippen LogP contribution in [0.15, 0.2) is 243 Å². The van der Waals surface area contributed by atoms with E-state index in [2.05, 4.69) is 5.32 Å². The molecular weight excluding hydrogens is 1430 g/mol. The lowest BCUT2D eigenvalue weighted by molar-refractivity contribution is -0.402. The number of hydrogen-bond donors (Lipinski definition) is 4. The molecule has 0 aliphatic carbocycles. The van der Waals surface area contributed by atoms with Gasteiger partial charge in [-0.15, -0.1) is 0 Å². The van der Waals surface area contributed by atoms with Crippen LogP contribution in [0.25, 0.3) is 0 Å². The van der Waals surface area contributed by atoms with E-state index in [0.717, 1.165) is 44.5 Å². The fourth-order valence-electron chi connectivity index (χ4n) is 15.3. The van der Waals surface area contributed by atoms with Gasteiger partial charge >= 0.3 is 0 Å². The Labute approximate surface area is 656 Å². The van der Waals surface area contributed by atoms with Gasteiger partial charge in [0.2, 0.25) is 5.91 Å². The highest BCUT2D eigenvalue weighted by Crippen LogP contribution is 2.42. The predicted octanol–water partition coefficient (Wildman–Crippen LogP) is 11.4. The van der Waals surface area contributed by atoms with Crippen LogP contribution >= 0.6 is 0 Å². The first kappa shape index (κ1) is 82.4. The molecular formula is C90H107NO21. The van der Waals surface area contributed by atoms with Crippen molar-refractivity contribution in [2.45, 2.75) is 242 Å². The summed E-state index contributed by atoms with van der Waals surface area (Å²) in [6, 6.07) is 77.6. The number of nitrogens with one attached hydrogen (secondary N) is 1. The minimum atomic E-state index is -1.72. The monoisotopic (exact) mass is 1540 g/mol. The number of rotatable bonds is 35. The third kappa shape index (κ3) is 21.9. The Morgan fingerprint density at radius 2 is 0.625 bits per heavy atom. The number of aliphatic hydroxyl groups excluding tert-OH is 3. The SMILES string of the molecule is CC(=O)NC1[C@H](C)OC(CO)[C@H](O)[C@@H]1O[C@@H]1OC(C)[C@H](OCc2ccccc2)[C@@H](O[C@@H]2OC(C)[C@H](OCc3ccccc3)[C@@H](OCc3ccccc3)C2O[C@@H]2OC(C)[C@H](OCc3ccccc3)[C@@H](O[C@H]3O[C@H](COCc4ccccc4)[C@@H](OCc4ccccc4)C(OCc4ccccc4)C3OCc3ccccc3)C2O)C1C. The van der Waals surface area contributed by atoms with Gasteiger partial charge in [0.15, 0.2) is 25.2 Å². The van der Waals surface area contributed by atoms with Gasteiger partial charge in [0.05, 0.1) is 103 Å². The van der Waals surface area contributed by atoms with Gasteiger partial charge in [-0.1, -0.05) is 250 Å². The molecule has 5 aliphatic rings. The van der Waals surface area contributed by atoms with Crippen molar-refractivity contribution in [2.75, 3.05) is 13.2 Å². The predicted molar refractivity (Wildman–Crippen MR) is 413 cm³/mol. The van der Waals surface area contributed by atoms with E-state index in [1.54, 1.807) is 6.92 Å². The lowest BCUT2D eigenvalue weighted by Crippen LogP contribution is -2.68. The number of hydrogen-bond acceptors (Lipinski definition) is 21. The second-order valence-corrected chi connectivity index (χ2v) is 29.5. The molecule has 22 nitrogen and oxygen atoms in total. The van der Waals surface area contributed by atoms with Crippen molar-refractivity contribution < 1.29 is 101 Å². The Bertz CT molecular complexity index is 4010. The van der Waals surface area contributed by atoms with E-state index in [4.69, 9.17) is 80.5 Å². The van der Waals surface area contributed by atoms with Crippen molar-refractivity contribution in [3.8, 4) is 0 Å². The quantitative estimate of drug-likeness (QED) is 0.0288. The fraction of sp³-hybridized carbons (Fsp3) is 0.456. The van der Waals surface area contributed by atoms with Crippen LogP contribution in [0.3, 0.4) is 0 Å². The van der Waals surface area contributed by atoms with Gasteiger partial charge in [0.1, 0.15) is 85.5 Å². The van der Waals surface area contributed by atoms with Crippen LogP contribution in [0.5, 0.6) is 0 Å². The van der Waals surface area contributed by atoms with Gasteiger partial charge in [-0.3, -0.25) is 4.79 Å². The summed E-state index contributed by atoms with van der Waals surface area (Å²) in [5.41, 5.74) is 7.12. The first-order chi connectivity index (χ1) is 54.7. The molecule has 0 radical (unpaired) electrons. The number of amides is 1. The third-order valence-corrected chi connectivity index (χ3v) is 21.2. The lowest BCUT2D eigenvalue weighted by Gasteiger charge is -2.52. The highest BCUT2D eigenvalue weighted by Gasteiger charge is 2.58. The summed E-state index contributed by atoms with van der Waals surface area (Å²) in [5, 5.41) is 39.3. The van der Waals surface area contributed by atoms with Gasteiger partial charge in [-0.05, 0) is 72.2 Å². The summed E-state index contributed by atoms with van der Waals surface area (Å²) in [4.78, 5) is 12.9. The number of ether oxygens (including phenoxy) is 17. The van der Waals surface area contributed by atoms with E-state index in [9.17, 15) is 20.1 Å². The molecule has 8 aromatic rings. The minimum Gasteiger partial charge on any atom is -0.394 e. The molecule has 1 amide bonds. The highest BCUT2D eigenvalue weighted by molar-refractivity contribution is 5.73. The fourth-order valence-corrected chi connectivity index (χ4v) is 15.3. The van der Waals surface area contributed by atoms with Gasteiger partial charge in [0, 0.05) is 12.8 Å². The topological polar surface area (TPSA) is 247 Å². The second kappa shape index (κ2) is 41.1. The lowest BCUT2D eigenvalue weighted by atomic mass is 9.90. The molecule has 25 atom stereocenters. The van der Waals surface area contributed by atoms with Crippen LogP contribution in [0.1, 0.15) is 86.1 Å². The maximum absolute atomic E-state index is 13.9. The molecule has 598 valence electrons. The normalized spacial score (nSPS) is 32.2. The molecule has 0 saturated carbocycles. The third-order valence-electron chi connectivity index (χ3n) is 21.2. The maximum atomic E-state index is 13.9. The molecule has 5 saturated heterocycles. The summed E-state index contributed by atoms with van der Waals surface area (Å²) < 4.78 is 120. The van der Waals surface area contributed by atoms with Crippen molar-refractivity contribution in [1.82, 2.24) is 5.32 Å². The van der Waals surface area contributed by atoms with Crippen LogP contribution < -0.4 is 5.32 Å². The van der Waals surface area contributed by atoms with Gasteiger partial charge in [-0.2, -0.15) is 0 Å². The van der Waals surface area contributed by atoms with Crippen molar-refractivity contribution in [3.05, 3.63) is 287 Å². The van der Waals surface area contributed by atoms with E-state index in [0.29, 0.717) is 0 Å². The number of aliphatic hydroxyl groups is 3. The average molecular weight is 1540 g/mol. The number of carbonyl (C=O) groups excluding carboxylic acids is 1. The van der Waals surface area contributed by atoms with Crippen LogP contribution in [0.4, 0.5) is 0 Å². The van der Waals surface area contributed by atoms with Gasteiger partial charge < -0.3 is 101 Å². The second-order valence-electron chi connectivity index (χ2n) is 29.5. The van der Waals surface area contributed by atoms with Crippen LogP contribution in [0, 0.1) is 5.92 Å². The van der Waals surface area contributed by atoms with E-state index in [-0.39, 0.29) is 65.4 Å². The largest absolute Gasteiger partial charge is 0.394 e. The zero-order chi connectivity index (χ0) is 77.7. The summed E-state index contributed by atoms with van der Waals surface area (Å²) in [6.07, 6.45) is -25.1. The molecule has 10 unspecified atom stereocenters. The van der Waals surface area contributed by atoms with Crippen molar-refractivity contribution in [1.29, 1.82) is 0 Å². The zero-order valence-corrected chi connectivity index (χ0v) is 64.3. The Kier molecular flexibility index (Phi) is 30.3. The average Bonchev–Trinajstić information content (AvgIpc) is 0.759. The Balaban J connectivity index is 0.897. The molecule has 0 bridgehead atoms. The van der Waals surface area contributed by atoms with Crippen LogP contribution in [-0.2, 0) is 138 Å². The highest BCUT2D eigenvalue weighted by atomic mass is 16.8. The van der Waals surface area contributed by atoms with Crippen molar-refractivity contribution in [2.24, 2.45) is 5.92 Å². The van der Waals surface area contributed by atoms with Crippen molar-refractivity contribution in [3.63, 3.8) is 0 Å². The van der Waals surface area contributed by atoms with E-state index < -0.39 is 160 Å². The van der Waals surface area contributed by atoms with Crippen LogP contribution in [0.2, 0.25) is 0 Å². The first-order valence-corrected chi connectivity index (χ1v) is 39.0. The standard InChI is InChI=1S/C90H107NO21/c1-57-76(77(97-49-64-33-17-8-18-34-64)59(3)105-87(57)110-81-73(91-62(6)93)58(2)104-71(47-92)74(81)94)109-90-86(83(101-53-68-41-25-12-26-42-68)79(61(5)107-90)99-51-66-37-21-10-22-38-66)112-88-75(95)82(78(60(4)106-88)98-50-65-35-19-9-20-36-65)111-89-85(103-55-70-45-29-14-30-46-70)84(102-54-69-43-27-13-28-44-69)80(100-52-67-39-23-11-24-40-67)72(108-89)56-96-48-63-31-15-7-16-32-63/h7-46,57-61,71-90,92,94-95H,47-56H2,1-6H3,(H,91,93)/t57?,58-,59?,60?,61?,71?,72+,73?,74-,75?,76-,77-,78-,79-,80+,81+,82-,83+,84?,85?,86?,87-,88-,89+,90-/m0/s1. The molecule has 22 heteroatoms. The molecule has 8 aromatic carbocycles. The van der Waals surface area contributed by atoms with E-state index >= 15 is 0 Å². The first-order valence-electron chi connectivity index (χ1n) is 39.0. The van der Waals surface area contributed by atoms with Crippen LogP contribution in [-0.4, -0.2) is 182 Å². The molecule has 4 N–H and O–H groups in total. The summed E-state index contributed by atoms with van der Waals surface area (Å²) in [6.45, 7) is 11.2. The maximum Gasteiger partial charge on any atom is 0.217 e. The summed E-state index contributed by atoms with van der Waals surface area (Å²) in [5.74, 6) is -1.14. The van der Waals surface area contributed by atoms with E-state index in [1.165, 1.54) is 6.92 Å². The smallest absolute Gasteiger partial charge is 0.217 e. The Hall–Kier alpha value is -7.57. The molecule has 5 aliphatic heterocycles. The molecule has 13 rings (SSSR count). The van der Waals surface area contributed by atoms with Gasteiger partial charge in [0.25, 0.3) is 0 Å². The van der Waals surface area contributed by atoms with E-state index in [1.807, 2.05) is 270 Å². The molecule has 5 fully saturated rings. The van der Waals surface area contributed by atoms with Gasteiger partial charge in [-0.25, -0.2) is 0 Å². The molecule has 0 aromatic heterocycles. The number of benzene rings is 8. The molecule has 112 heavy (non-hydrogen) atoms. The number of carbonyl (C=O) groups is 1. The Morgan fingerprint density at radius 1 is 0.312 bits per heavy atom. The molecule has 0 spiro atoms. The summed E-state index contributed by atoms with van der Waals surface area (Å²) >= 11 is 0. The van der Waals surface area contributed by atoms with Crippen molar-refractivity contribution >= 4 is 5.91 Å². The molecule has 5 heterocycles. The zero-order valence-electron chi connectivity index (χ0n) is 64.3. The Morgan fingerprint density at radius 3 is 1.04 bits per heavy atom. The minimum absolute atomic E-state index is 0.0185. The summed E-state index contributed by atoms with van der Waals surface area (Å²) in [7, 11) is 0.